The zero-order valence-electron chi connectivity index (χ0n) is 21.2. The molecule has 0 spiro atoms. The topological polar surface area (TPSA) is 57.2 Å². The summed E-state index contributed by atoms with van der Waals surface area (Å²) < 4.78 is 60.0. The Labute approximate surface area is 221 Å². The second-order valence-corrected chi connectivity index (χ2v) is 10.5. The molecule has 0 unspecified atom stereocenters. The second kappa shape index (κ2) is 20.0. The number of unbranched alkanes of at least 4 members (excludes halogenated alkanes) is 9. The molecule has 0 aliphatic rings. The number of nitrogens with zero attached hydrogens (tertiary/aromatic N) is 1. The average Bonchev–Trinajstić information content (AvgIpc) is 3.45. The molecule has 0 aliphatic heterocycles. The van der Waals surface area contributed by atoms with Gasteiger partial charge in [0, 0.05) is 0 Å². The van der Waals surface area contributed by atoms with Crippen molar-refractivity contribution in [3.8, 4) is 0 Å². The van der Waals surface area contributed by atoms with Crippen molar-refractivity contribution in [2.24, 2.45) is 0 Å². The zero-order chi connectivity index (χ0) is 25.9. The number of halogens is 3. The van der Waals surface area contributed by atoms with E-state index in [1.165, 1.54) is 82.9 Å². The standard InChI is InChI=1S/C20H37N.C5H5.CHF3O3S.Fe/c1-4-5-6-7-8-9-10-11-12-15-18-21(2,3)19-20-16-13-14-17-20;1-2-4-5-3-1;2-1(3,4)8(5,6)7;/h13-14,16-17H,4-12,15,18-19H2,1-3H3;1-5H;(H,5,6,7);/q;-1;;+2/p-1. The van der Waals surface area contributed by atoms with Gasteiger partial charge in [-0.3, -0.25) is 0 Å². The average molecular weight is 562 g/mol. The number of hydrogen-bond donors (Lipinski definition) is 0. The van der Waals surface area contributed by atoms with Gasteiger partial charge in [0.2, 0.25) is 0 Å². The van der Waals surface area contributed by atoms with Crippen molar-refractivity contribution >= 4 is 10.1 Å². The molecule has 35 heavy (non-hydrogen) atoms. The van der Waals surface area contributed by atoms with Crippen LogP contribution in [0.3, 0.4) is 0 Å². The minimum absolute atomic E-state index is 0. The van der Waals surface area contributed by atoms with Crippen LogP contribution in [-0.4, -0.2) is 43.6 Å². The zero-order valence-corrected chi connectivity index (χ0v) is 23.2. The van der Waals surface area contributed by atoms with Gasteiger partial charge < -0.3 is 9.04 Å². The van der Waals surface area contributed by atoms with E-state index in [-0.39, 0.29) is 17.1 Å². The summed E-state index contributed by atoms with van der Waals surface area (Å²) in [5.74, 6) is 0. The molecule has 204 valence electrons. The summed E-state index contributed by atoms with van der Waals surface area (Å²) >= 11 is 0. The first kappa shape index (κ1) is 36.0. The van der Waals surface area contributed by atoms with E-state index in [0.717, 1.165) is 4.48 Å². The molecule has 9 heteroatoms. The van der Waals surface area contributed by atoms with E-state index in [2.05, 4.69) is 45.3 Å². The SMILES string of the molecule is CCCCCCCCCCCC[N+](C)(C)Cc1cc[cH-]c1.O=S(=O)([O-])C(F)(F)F.[Fe+2].c1cc[cH-]c1. The van der Waals surface area contributed by atoms with Crippen LogP contribution in [0.15, 0.2) is 54.6 Å². The Bertz CT molecular complexity index is 773. The molecule has 0 saturated heterocycles. The van der Waals surface area contributed by atoms with Gasteiger partial charge in [-0.1, -0.05) is 58.3 Å². The second-order valence-electron chi connectivity index (χ2n) is 9.15. The van der Waals surface area contributed by atoms with E-state index < -0.39 is 15.6 Å². The first-order valence-electron chi connectivity index (χ1n) is 12.1. The molecule has 0 amide bonds. The Hall–Kier alpha value is -1.12. The molecule has 0 fully saturated rings. The smallest absolute Gasteiger partial charge is 0.741 e. The minimum atomic E-state index is -6.09. The van der Waals surface area contributed by atoms with E-state index >= 15 is 0 Å². The molecule has 0 atom stereocenters. The van der Waals surface area contributed by atoms with E-state index in [9.17, 15) is 13.2 Å². The van der Waals surface area contributed by atoms with Crippen molar-refractivity contribution in [2.75, 3.05) is 20.6 Å². The summed E-state index contributed by atoms with van der Waals surface area (Å²) in [5.41, 5.74) is -4.17. The summed E-state index contributed by atoms with van der Waals surface area (Å²) in [4.78, 5) is 0. The molecule has 2 rings (SSSR count). The predicted octanol–water partition coefficient (Wildman–Crippen LogP) is 7.36. The van der Waals surface area contributed by atoms with Crippen LogP contribution in [0.25, 0.3) is 0 Å². The van der Waals surface area contributed by atoms with Crippen molar-refractivity contribution in [1.82, 2.24) is 0 Å². The van der Waals surface area contributed by atoms with Gasteiger partial charge in [0.05, 0.1) is 27.2 Å². The number of quaternary nitrogens is 1. The van der Waals surface area contributed by atoms with Crippen molar-refractivity contribution in [3.63, 3.8) is 0 Å². The number of hydrogen-bond acceptors (Lipinski definition) is 3. The van der Waals surface area contributed by atoms with Gasteiger partial charge in [-0.2, -0.15) is 49.6 Å². The fourth-order valence-corrected chi connectivity index (χ4v) is 3.44. The minimum Gasteiger partial charge on any atom is -0.741 e. The van der Waals surface area contributed by atoms with Gasteiger partial charge in [0.1, 0.15) is 0 Å². The third kappa shape index (κ3) is 21.9. The number of alkyl halides is 3. The van der Waals surface area contributed by atoms with Gasteiger partial charge in [0.15, 0.2) is 10.1 Å². The van der Waals surface area contributed by atoms with Gasteiger partial charge in [0.25, 0.3) is 0 Å². The van der Waals surface area contributed by atoms with Gasteiger partial charge in [-0.25, -0.2) is 26.6 Å². The maximum Gasteiger partial charge on any atom is 2.00 e. The normalized spacial score (nSPS) is 11.5. The molecule has 0 aliphatic carbocycles. The Kier molecular flexibility index (Phi) is 20.6. The van der Waals surface area contributed by atoms with E-state index in [1.807, 2.05) is 30.3 Å². The van der Waals surface area contributed by atoms with Crippen LogP contribution >= 0.6 is 0 Å². The first-order chi connectivity index (χ1) is 15.9. The van der Waals surface area contributed by atoms with Crippen LogP contribution in [0.1, 0.15) is 76.7 Å². The first-order valence-corrected chi connectivity index (χ1v) is 13.5. The number of rotatable bonds is 13. The molecule has 0 saturated carbocycles. The van der Waals surface area contributed by atoms with E-state index in [0.29, 0.717) is 0 Å². The van der Waals surface area contributed by atoms with Gasteiger partial charge in [-0.05, 0) is 12.8 Å². The van der Waals surface area contributed by atoms with Gasteiger partial charge in [-0.15, -0.1) is 5.56 Å². The third-order valence-electron chi connectivity index (χ3n) is 5.30. The fraction of sp³-hybridized carbons (Fsp3) is 0.615. The van der Waals surface area contributed by atoms with Crippen LogP contribution in [0, 0.1) is 0 Å². The monoisotopic (exact) mass is 561 g/mol. The Morgan fingerprint density at radius 2 is 1.31 bits per heavy atom. The van der Waals surface area contributed by atoms with Crippen LogP contribution in [0.4, 0.5) is 13.2 Å². The van der Waals surface area contributed by atoms with E-state index in [1.54, 1.807) is 0 Å². The summed E-state index contributed by atoms with van der Waals surface area (Å²) in [7, 11) is -1.37. The molecule has 0 bridgehead atoms. The molecule has 0 N–H and O–H groups in total. The largest absolute Gasteiger partial charge is 2.00 e. The molecule has 0 aromatic heterocycles. The molecule has 2 aromatic rings. The van der Waals surface area contributed by atoms with Crippen molar-refractivity contribution in [3.05, 3.63) is 60.2 Å². The molecular weight excluding hydrogens is 519 g/mol. The fourth-order valence-electron chi connectivity index (χ4n) is 3.44. The molecule has 0 heterocycles. The Morgan fingerprint density at radius 1 is 0.857 bits per heavy atom. The maximum absolute atomic E-state index is 10.7. The summed E-state index contributed by atoms with van der Waals surface area (Å²) in [6, 6.07) is 18.8. The molecule has 4 nitrogen and oxygen atoms in total. The summed E-state index contributed by atoms with van der Waals surface area (Å²) in [6.07, 6.45) is 14.3. The predicted molar refractivity (Wildman–Crippen MR) is 132 cm³/mol. The molecule has 0 radical (unpaired) electrons. The van der Waals surface area contributed by atoms with Crippen molar-refractivity contribution in [1.29, 1.82) is 0 Å². The molecular formula is C26H42F3FeNO3S. The van der Waals surface area contributed by atoms with Crippen LogP contribution in [-0.2, 0) is 33.7 Å². The Morgan fingerprint density at radius 3 is 1.66 bits per heavy atom. The summed E-state index contributed by atoms with van der Waals surface area (Å²) in [6.45, 7) is 4.77. The van der Waals surface area contributed by atoms with Gasteiger partial charge >= 0.3 is 22.6 Å². The maximum atomic E-state index is 10.7. The van der Waals surface area contributed by atoms with Crippen LogP contribution in [0.2, 0.25) is 0 Å². The van der Waals surface area contributed by atoms with Crippen LogP contribution in [0.5, 0.6) is 0 Å². The van der Waals surface area contributed by atoms with Crippen molar-refractivity contribution < 1.29 is 47.7 Å². The van der Waals surface area contributed by atoms with Crippen LogP contribution < -0.4 is 0 Å². The third-order valence-corrected chi connectivity index (χ3v) is 5.87. The summed E-state index contributed by atoms with van der Waals surface area (Å²) in [5, 5.41) is 0. The quantitative estimate of drug-likeness (QED) is 0.0642. The molecule has 2 aromatic carbocycles. The van der Waals surface area contributed by atoms with Crippen molar-refractivity contribution in [2.45, 2.75) is 83.2 Å². The van der Waals surface area contributed by atoms with E-state index in [4.69, 9.17) is 13.0 Å². The Balaban J connectivity index is 0.